The summed E-state index contributed by atoms with van der Waals surface area (Å²) in [6.07, 6.45) is 1.65. The zero-order chi connectivity index (χ0) is 72.6. The second-order valence-electron chi connectivity index (χ2n) is 26.8. The number of anilines is 4. The largest absolute Gasteiger partial charge is 0.497 e. The number of amides is 8. The second kappa shape index (κ2) is 31.3. The molecule has 0 bridgehead atoms. The Morgan fingerprint density at radius 2 is 1.39 bits per heavy atom. The van der Waals surface area contributed by atoms with Gasteiger partial charge in [-0.15, -0.1) is 0 Å². The molecule has 1 saturated carbocycles. The van der Waals surface area contributed by atoms with Crippen LogP contribution in [-0.4, -0.2) is 159 Å². The number of rotatable bonds is 25. The summed E-state index contributed by atoms with van der Waals surface area (Å²) in [7, 11) is 4.61. The lowest BCUT2D eigenvalue weighted by Gasteiger charge is -2.31. The number of nitrogens with one attached hydrogen (secondary N) is 6. The van der Waals surface area contributed by atoms with Gasteiger partial charge in [0, 0.05) is 78.7 Å². The molecule has 2 unspecified atom stereocenters. The zero-order valence-corrected chi connectivity index (χ0v) is 58.2. The van der Waals surface area contributed by atoms with Crippen LogP contribution in [-0.2, 0) is 46.7 Å². The van der Waals surface area contributed by atoms with Gasteiger partial charge in [0.2, 0.25) is 35.4 Å². The second-order valence-corrected chi connectivity index (χ2v) is 26.8. The minimum absolute atomic E-state index is 0.00818. The van der Waals surface area contributed by atoms with Crippen LogP contribution >= 0.6 is 0 Å². The summed E-state index contributed by atoms with van der Waals surface area (Å²) in [5, 5.41) is 40.3. The van der Waals surface area contributed by atoms with Crippen LogP contribution in [0.2, 0.25) is 0 Å². The first-order valence-corrected chi connectivity index (χ1v) is 34.4. The zero-order valence-electron chi connectivity index (χ0n) is 58.2. The van der Waals surface area contributed by atoms with Crippen molar-refractivity contribution in [2.24, 2.45) is 11.3 Å². The molecule has 1 spiro atoms. The van der Waals surface area contributed by atoms with Crippen molar-refractivity contribution in [2.75, 3.05) is 81.2 Å². The third-order valence-corrected chi connectivity index (χ3v) is 19.4. The first-order valence-electron chi connectivity index (χ1n) is 34.4. The van der Waals surface area contributed by atoms with Crippen molar-refractivity contribution < 1.29 is 77.0 Å². The predicted octanol–water partition coefficient (Wildman–Crippen LogP) is 7.11. The maximum atomic E-state index is 14.5. The third kappa shape index (κ3) is 16.2. The number of hydrogen-bond donors (Lipinski definition) is 8. The number of methoxy groups -OCH3 is 3. The maximum absolute atomic E-state index is 14.5. The molecule has 8 amide bonds. The van der Waals surface area contributed by atoms with Gasteiger partial charge in [0.1, 0.15) is 24.4 Å². The quantitative estimate of drug-likeness (QED) is 0.0209. The molecule has 6 aliphatic rings. The molecule has 0 radical (unpaired) electrons. The number of aliphatic hydroxyl groups is 2. The molecule has 1 saturated heterocycles. The summed E-state index contributed by atoms with van der Waals surface area (Å²) in [4.78, 5) is 114. The topological polar surface area (TPSA) is 318 Å². The highest BCUT2D eigenvalue weighted by Crippen LogP contribution is 2.57. The lowest BCUT2D eigenvalue weighted by atomic mass is 10.0. The van der Waals surface area contributed by atoms with Crippen molar-refractivity contribution >= 4 is 75.8 Å². The highest BCUT2D eigenvalue weighted by molar-refractivity contribution is 6.06. The highest BCUT2D eigenvalue weighted by Gasteiger charge is 2.58. The van der Waals surface area contributed by atoms with Crippen molar-refractivity contribution in [3.8, 4) is 40.6 Å². The van der Waals surface area contributed by atoms with Crippen molar-refractivity contribution in [3.05, 3.63) is 166 Å². The fraction of sp³-hybridized carbons (Fsp3) is 0.377. The van der Waals surface area contributed by atoms with Gasteiger partial charge in [-0.1, -0.05) is 80.3 Å². The van der Waals surface area contributed by atoms with Gasteiger partial charge in [0.15, 0.2) is 35.5 Å². The number of hydrogen-bond acceptors (Lipinski definition) is 18. The number of aliphatic hydroxyl groups excluding tert-OH is 2. The van der Waals surface area contributed by atoms with Gasteiger partial charge < -0.3 is 85.2 Å². The van der Waals surface area contributed by atoms with Gasteiger partial charge in [-0.05, 0) is 121 Å². The molecule has 6 aromatic rings. The number of carbonyl (C=O) groups excluding carboxylic acids is 8. The van der Waals surface area contributed by atoms with Crippen molar-refractivity contribution in [3.63, 3.8) is 0 Å². The average Bonchev–Trinajstić information content (AvgIpc) is 1.57. The molecule has 1 aliphatic carbocycles. The molecule has 26 nitrogen and oxygen atoms in total. The first-order chi connectivity index (χ1) is 49.7. The summed E-state index contributed by atoms with van der Waals surface area (Å²) in [6, 6.07) is 32.8. The summed E-state index contributed by atoms with van der Waals surface area (Å²) < 4.78 is 35.3. The number of ether oxygens (including phenoxy) is 6. The smallest absolute Gasteiger partial charge is 0.416 e. The summed E-state index contributed by atoms with van der Waals surface area (Å²) in [6.45, 7) is 5.14. The van der Waals surface area contributed by atoms with Crippen LogP contribution in [0.15, 0.2) is 128 Å². The van der Waals surface area contributed by atoms with Gasteiger partial charge in [-0.3, -0.25) is 33.6 Å². The molecule has 5 aliphatic heterocycles. The third-order valence-electron chi connectivity index (χ3n) is 19.4. The summed E-state index contributed by atoms with van der Waals surface area (Å²) in [5.74, 6) is 4.09. The fourth-order valence-corrected chi connectivity index (χ4v) is 13.5. The SMILES string of the molecule is COc1ccc(C2=CN3C(O)c4cc(OC)c(OCCCOc5cc6c(cc5OC)C(=O)N5CC7(CC7)C[C@H]5C(O)N6C(=O)OCc5ccc(NC(=O)[C@H](C)NC(=O)[C@H](NC(=O)CNC(=O)CNC(=O)CCC(=O)N6Cc7ccccc7C#Cc7ccccc76)C(C)C)cc5)cc4NC[C@@H]3C2)cc1. The Morgan fingerprint density at radius 1 is 0.709 bits per heavy atom. The number of fused-ring (bicyclic) bond motifs is 6. The Hall–Kier alpha value is -11.3. The van der Waals surface area contributed by atoms with E-state index >= 15 is 0 Å². The molecule has 5 heterocycles. The van der Waals surface area contributed by atoms with Crippen LogP contribution in [0, 0.1) is 23.2 Å². The van der Waals surface area contributed by atoms with Crippen LogP contribution in [0.5, 0.6) is 28.7 Å². The van der Waals surface area contributed by atoms with E-state index in [9.17, 15) is 48.6 Å². The molecule has 26 heteroatoms. The van der Waals surface area contributed by atoms with E-state index in [1.165, 1.54) is 33.3 Å². The van der Waals surface area contributed by atoms with E-state index in [-0.39, 0.29) is 85.2 Å². The van der Waals surface area contributed by atoms with Crippen LogP contribution < -0.4 is 65.4 Å². The van der Waals surface area contributed by atoms with Crippen LogP contribution in [0.25, 0.3) is 5.57 Å². The highest BCUT2D eigenvalue weighted by atomic mass is 16.6. The van der Waals surface area contributed by atoms with E-state index in [2.05, 4.69) is 43.7 Å². The van der Waals surface area contributed by atoms with Crippen LogP contribution in [0.1, 0.15) is 116 Å². The van der Waals surface area contributed by atoms with Gasteiger partial charge in [-0.25, -0.2) is 9.69 Å². The lowest BCUT2D eigenvalue weighted by Crippen LogP contribution is -2.55. The Bertz CT molecular complexity index is 4340. The molecule has 2 fully saturated rings. The minimum Gasteiger partial charge on any atom is -0.497 e. The number of nitrogens with zero attached hydrogens (tertiary/aromatic N) is 4. The summed E-state index contributed by atoms with van der Waals surface area (Å²) >= 11 is 0. The molecular weight excluding hydrogens is 1320 g/mol. The van der Waals surface area contributed by atoms with Crippen LogP contribution in [0.3, 0.4) is 0 Å². The van der Waals surface area contributed by atoms with Crippen molar-refractivity contribution in [2.45, 2.75) is 115 Å². The van der Waals surface area contributed by atoms with Gasteiger partial charge >= 0.3 is 6.09 Å². The van der Waals surface area contributed by atoms with E-state index in [0.717, 1.165) is 52.2 Å². The molecule has 103 heavy (non-hydrogen) atoms. The van der Waals surface area contributed by atoms with E-state index in [4.69, 9.17) is 28.4 Å². The fourth-order valence-electron chi connectivity index (χ4n) is 13.5. The van der Waals surface area contributed by atoms with Crippen molar-refractivity contribution in [1.82, 2.24) is 31.1 Å². The Kier molecular flexibility index (Phi) is 21.7. The molecule has 0 aromatic heterocycles. The van der Waals surface area contributed by atoms with E-state index < -0.39 is 85.2 Å². The maximum Gasteiger partial charge on any atom is 0.416 e. The number of carbonyl (C=O) groups is 8. The van der Waals surface area contributed by atoms with E-state index in [0.29, 0.717) is 71.2 Å². The first kappa shape index (κ1) is 71.5. The standard InChI is InChI=1S/C77H84N10O16/c1-45(2)70(83-68(90)40-80-67(89)39-79-66(88)26-27-69(91)85-41-51-14-8-7-12-48(51)18-19-50-13-9-10-15-59(50)85)72(93)81-46(3)71(92)82-53-22-16-47(17-23-53)43-103-76(97)87-60-36-65(63(100-6)34-57(60)74(95)86-44-77(28-29-77)37-61(86)75(87)96)102-31-11-30-101-64-35-58-56(33-62(64)99-5)73(94)84-42-52(32-54(84)38-78-58)49-20-24-55(98-4)25-21-49/h7-10,12-17,20-25,33-36,42,45-46,54,61,70,73,75,78,94,96H,11,26-32,37-41,43-44H2,1-6H3,(H,79,88)(H,80,89)(H,81,93)(H,82,92)(H,83,90)/t46-,54-,61-,70+,73?,75?/m0/s1. The van der Waals surface area contributed by atoms with Gasteiger partial charge in [0.05, 0.1) is 83.2 Å². The summed E-state index contributed by atoms with van der Waals surface area (Å²) in [5.41, 5.74) is 7.36. The van der Waals surface area contributed by atoms with Gasteiger partial charge in [0.25, 0.3) is 5.91 Å². The molecular formula is C77H84N10O16. The minimum atomic E-state index is -1.49. The number of benzene rings is 6. The molecule has 538 valence electrons. The van der Waals surface area contributed by atoms with E-state index in [1.807, 2.05) is 83.9 Å². The number of para-hydroxylation sites is 1. The van der Waals surface area contributed by atoms with Crippen molar-refractivity contribution in [1.29, 1.82) is 0 Å². The van der Waals surface area contributed by atoms with Crippen LogP contribution in [0.4, 0.5) is 27.5 Å². The Labute approximate surface area is 596 Å². The van der Waals surface area contributed by atoms with E-state index in [1.54, 1.807) is 67.2 Å². The lowest BCUT2D eigenvalue weighted by molar-refractivity contribution is -0.132. The predicted molar refractivity (Wildman–Crippen MR) is 381 cm³/mol. The molecule has 12 rings (SSSR count). The Morgan fingerprint density at radius 3 is 2.11 bits per heavy atom. The monoisotopic (exact) mass is 1400 g/mol. The molecule has 6 atom stereocenters. The molecule has 8 N–H and O–H groups in total. The Balaban J connectivity index is 0.605. The average molecular weight is 1410 g/mol. The normalized spacial score (nSPS) is 18.4. The van der Waals surface area contributed by atoms with Gasteiger partial charge in [-0.2, -0.15) is 0 Å². The molecule has 6 aromatic carbocycles.